The predicted molar refractivity (Wildman–Crippen MR) is 91.8 cm³/mol. The molecule has 3 aromatic rings. The molecule has 2 aromatic heterocycles. The number of fused-ring (bicyclic) bond motifs is 1. The van der Waals surface area contributed by atoms with Crippen molar-refractivity contribution in [3.63, 3.8) is 0 Å². The number of aryl methyl sites for hydroxylation is 2. The molecule has 3 rings (SSSR count). The number of amides is 1. The summed E-state index contributed by atoms with van der Waals surface area (Å²) in [7, 11) is 0. The molecule has 0 spiro atoms. The van der Waals surface area contributed by atoms with Gasteiger partial charge in [-0.2, -0.15) is 0 Å². The molecule has 6 heteroatoms. The van der Waals surface area contributed by atoms with Crippen molar-refractivity contribution < 1.29 is 4.79 Å². The minimum absolute atomic E-state index is 0.197. The van der Waals surface area contributed by atoms with Crippen LogP contribution in [0.5, 0.6) is 0 Å². The van der Waals surface area contributed by atoms with Crippen molar-refractivity contribution in [3.05, 3.63) is 63.0 Å². The van der Waals surface area contributed by atoms with Crippen molar-refractivity contribution in [2.75, 3.05) is 5.32 Å². The van der Waals surface area contributed by atoms with E-state index >= 15 is 0 Å². The van der Waals surface area contributed by atoms with E-state index in [2.05, 4.69) is 26.2 Å². The van der Waals surface area contributed by atoms with Crippen molar-refractivity contribution >= 4 is 44.8 Å². The van der Waals surface area contributed by atoms with E-state index in [0.29, 0.717) is 22.1 Å². The molecular formula is C16H13BrClN3O. The zero-order chi connectivity index (χ0) is 15.9. The number of benzene rings is 1. The maximum absolute atomic E-state index is 12.6. The fraction of sp³-hybridized carbons (Fsp3) is 0.125. The molecule has 1 N–H and O–H groups in total. The molecule has 0 aliphatic carbocycles. The smallest absolute Gasteiger partial charge is 0.274 e. The number of anilines is 1. The monoisotopic (exact) mass is 377 g/mol. The Balaban J connectivity index is 2.00. The minimum atomic E-state index is -0.197. The van der Waals surface area contributed by atoms with Gasteiger partial charge in [0.25, 0.3) is 5.91 Å². The highest BCUT2D eigenvalue weighted by Gasteiger charge is 2.17. The molecule has 1 aromatic carbocycles. The molecule has 0 radical (unpaired) electrons. The van der Waals surface area contributed by atoms with Crippen LogP contribution in [0, 0.1) is 13.8 Å². The van der Waals surface area contributed by atoms with E-state index in [-0.39, 0.29) is 5.91 Å². The zero-order valence-corrected chi connectivity index (χ0v) is 14.4. The van der Waals surface area contributed by atoms with Gasteiger partial charge in [-0.1, -0.05) is 27.5 Å². The Morgan fingerprint density at radius 2 is 2.05 bits per heavy atom. The molecule has 0 fully saturated rings. The number of halogens is 2. The number of carbonyl (C=O) groups is 1. The summed E-state index contributed by atoms with van der Waals surface area (Å²) in [5, 5.41) is 3.52. The lowest BCUT2D eigenvalue weighted by Gasteiger charge is -2.09. The Morgan fingerprint density at radius 1 is 1.27 bits per heavy atom. The lowest BCUT2D eigenvalue weighted by molar-refractivity contribution is 0.102. The molecule has 0 aliphatic heterocycles. The molecule has 1 amide bonds. The highest BCUT2D eigenvalue weighted by Crippen LogP contribution is 2.22. The van der Waals surface area contributed by atoms with E-state index < -0.39 is 0 Å². The topological polar surface area (TPSA) is 46.4 Å². The van der Waals surface area contributed by atoms with Crippen LogP contribution in [-0.2, 0) is 0 Å². The van der Waals surface area contributed by atoms with Crippen molar-refractivity contribution in [2.24, 2.45) is 0 Å². The number of hydrogen-bond donors (Lipinski definition) is 1. The van der Waals surface area contributed by atoms with Gasteiger partial charge in [-0.15, -0.1) is 0 Å². The molecule has 0 bridgehead atoms. The van der Waals surface area contributed by atoms with Gasteiger partial charge in [0.1, 0.15) is 11.3 Å². The Labute approximate surface area is 141 Å². The molecule has 0 saturated heterocycles. The summed E-state index contributed by atoms with van der Waals surface area (Å²) in [6, 6.07) is 9.18. The Morgan fingerprint density at radius 3 is 2.77 bits per heavy atom. The molecule has 0 atom stereocenters. The van der Waals surface area contributed by atoms with Crippen LogP contribution >= 0.6 is 27.5 Å². The molecule has 4 nitrogen and oxygen atoms in total. The summed E-state index contributed by atoms with van der Waals surface area (Å²) in [5.74, 6) is -0.197. The number of imidazole rings is 1. The van der Waals surface area contributed by atoms with Gasteiger partial charge < -0.3 is 5.32 Å². The van der Waals surface area contributed by atoms with Gasteiger partial charge in [-0.3, -0.25) is 9.20 Å². The highest BCUT2D eigenvalue weighted by atomic mass is 79.9. The average molecular weight is 379 g/mol. The predicted octanol–water partition coefficient (Wildman–Crippen LogP) is 4.62. The quantitative estimate of drug-likeness (QED) is 0.707. The summed E-state index contributed by atoms with van der Waals surface area (Å²) < 4.78 is 2.72. The Hall–Kier alpha value is -1.85. The first kappa shape index (κ1) is 15.1. The lowest BCUT2D eigenvalue weighted by Crippen LogP contribution is -2.16. The van der Waals surface area contributed by atoms with Crippen molar-refractivity contribution in [1.29, 1.82) is 0 Å². The first-order valence-electron chi connectivity index (χ1n) is 6.67. The zero-order valence-electron chi connectivity index (χ0n) is 12.0. The average Bonchev–Trinajstić information content (AvgIpc) is 2.76. The van der Waals surface area contributed by atoms with Gasteiger partial charge >= 0.3 is 0 Å². The number of rotatable bonds is 2. The first-order chi connectivity index (χ1) is 10.5. The van der Waals surface area contributed by atoms with E-state index in [1.54, 1.807) is 22.7 Å². The molecular weight excluding hydrogens is 366 g/mol. The van der Waals surface area contributed by atoms with Crippen LogP contribution in [0.4, 0.5) is 5.69 Å². The van der Waals surface area contributed by atoms with Gasteiger partial charge in [0.15, 0.2) is 0 Å². The third-order valence-electron chi connectivity index (χ3n) is 3.41. The second-order valence-corrected chi connectivity index (χ2v) is 6.38. The maximum atomic E-state index is 12.6. The minimum Gasteiger partial charge on any atom is -0.320 e. The summed E-state index contributed by atoms with van der Waals surface area (Å²) in [5.41, 5.74) is 3.58. The number of nitrogens with zero attached hydrogens (tertiary/aromatic N) is 2. The van der Waals surface area contributed by atoms with Gasteiger partial charge in [0.05, 0.1) is 5.69 Å². The Bertz CT molecular complexity index is 888. The van der Waals surface area contributed by atoms with Crippen LogP contribution in [0.3, 0.4) is 0 Å². The van der Waals surface area contributed by atoms with E-state index in [0.717, 1.165) is 15.7 Å². The van der Waals surface area contributed by atoms with E-state index in [1.165, 1.54) is 0 Å². The largest absolute Gasteiger partial charge is 0.320 e. The summed E-state index contributed by atoms with van der Waals surface area (Å²) >= 11 is 9.38. The normalized spacial score (nSPS) is 10.9. The van der Waals surface area contributed by atoms with Crippen LogP contribution < -0.4 is 5.32 Å². The van der Waals surface area contributed by atoms with Crippen LogP contribution in [-0.4, -0.2) is 15.3 Å². The maximum Gasteiger partial charge on any atom is 0.274 e. The molecule has 0 aliphatic rings. The van der Waals surface area contributed by atoms with E-state index in [4.69, 9.17) is 11.6 Å². The summed E-state index contributed by atoms with van der Waals surface area (Å²) in [6.45, 7) is 3.76. The lowest BCUT2D eigenvalue weighted by atomic mass is 10.2. The van der Waals surface area contributed by atoms with Crippen LogP contribution in [0.25, 0.3) is 5.65 Å². The molecule has 112 valence electrons. The van der Waals surface area contributed by atoms with Gasteiger partial charge in [0, 0.05) is 27.4 Å². The molecule has 0 saturated carbocycles. The van der Waals surface area contributed by atoms with Gasteiger partial charge in [-0.25, -0.2) is 4.98 Å². The van der Waals surface area contributed by atoms with Crippen molar-refractivity contribution in [3.8, 4) is 0 Å². The molecule has 0 unspecified atom stereocenters. The highest BCUT2D eigenvalue weighted by molar-refractivity contribution is 9.10. The second kappa shape index (κ2) is 5.74. The number of pyridine rings is 1. The van der Waals surface area contributed by atoms with E-state index in [1.807, 2.05) is 32.0 Å². The van der Waals surface area contributed by atoms with Gasteiger partial charge in [0.2, 0.25) is 0 Å². The standard InChI is InChI=1S/C16H13BrClN3O/c1-9-7-11(17)3-4-13(9)20-16(22)15-10(2)19-14-8-12(18)5-6-21(14)15/h3-8H,1-2H3,(H,20,22). The number of hydrogen-bond acceptors (Lipinski definition) is 2. The van der Waals surface area contributed by atoms with Gasteiger partial charge in [-0.05, 0) is 43.7 Å². The summed E-state index contributed by atoms with van der Waals surface area (Å²) in [6.07, 6.45) is 1.75. The first-order valence-corrected chi connectivity index (χ1v) is 7.84. The van der Waals surface area contributed by atoms with E-state index in [9.17, 15) is 4.79 Å². The fourth-order valence-corrected chi connectivity index (χ4v) is 2.99. The third kappa shape index (κ3) is 2.74. The fourth-order valence-electron chi connectivity index (χ4n) is 2.36. The van der Waals surface area contributed by atoms with Crippen LogP contribution in [0.15, 0.2) is 41.0 Å². The molecule has 22 heavy (non-hydrogen) atoms. The van der Waals surface area contributed by atoms with Crippen molar-refractivity contribution in [2.45, 2.75) is 13.8 Å². The van der Waals surface area contributed by atoms with Crippen LogP contribution in [0.2, 0.25) is 5.02 Å². The van der Waals surface area contributed by atoms with Crippen molar-refractivity contribution in [1.82, 2.24) is 9.38 Å². The number of aromatic nitrogens is 2. The third-order valence-corrected chi connectivity index (χ3v) is 4.14. The van der Waals surface area contributed by atoms with Crippen LogP contribution in [0.1, 0.15) is 21.7 Å². The number of nitrogens with one attached hydrogen (secondary N) is 1. The Kier molecular flexibility index (Phi) is 3.93. The SMILES string of the molecule is Cc1cc(Br)ccc1NC(=O)c1c(C)nc2cc(Cl)ccn12. The number of carbonyl (C=O) groups excluding carboxylic acids is 1. The summed E-state index contributed by atoms with van der Waals surface area (Å²) in [4.78, 5) is 17.0. The second-order valence-electron chi connectivity index (χ2n) is 5.03. The molecule has 2 heterocycles.